The van der Waals surface area contributed by atoms with Crippen LogP contribution in [0.3, 0.4) is 0 Å². The molecule has 0 aromatic heterocycles. The number of rotatable bonds is 5. The van der Waals surface area contributed by atoms with Gasteiger partial charge in [-0.25, -0.2) is 0 Å². The molecule has 0 N–H and O–H groups in total. The van der Waals surface area contributed by atoms with E-state index in [1.165, 1.54) is 16.7 Å². The van der Waals surface area contributed by atoms with Gasteiger partial charge in [0.05, 0.1) is 0 Å². The van der Waals surface area contributed by atoms with Crippen LogP contribution in [0.1, 0.15) is 69.6 Å². The molecular weight excluding hydrogens is 208 g/mol. The summed E-state index contributed by atoms with van der Waals surface area (Å²) in [4.78, 5) is 11.6. The molecule has 1 aromatic rings. The summed E-state index contributed by atoms with van der Waals surface area (Å²) in [5, 5.41) is 0. The van der Waals surface area contributed by atoms with Crippen LogP contribution < -0.4 is 0 Å². The summed E-state index contributed by atoms with van der Waals surface area (Å²) in [5.41, 5.74) is 3.99. The summed E-state index contributed by atoms with van der Waals surface area (Å²) >= 11 is 0. The maximum Gasteiger partial charge on any atom is 0.137 e. The summed E-state index contributed by atoms with van der Waals surface area (Å²) in [6.45, 7) is 10.8. The van der Waals surface area contributed by atoms with Gasteiger partial charge in [-0.3, -0.25) is 4.79 Å². The van der Waals surface area contributed by atoms with Gasteiger partial charge in [-0.1, -0.05) is 52.8 Å². The second kappa shape index (κ2) is 6.00. The third-order valence-electron chi connectivity index (χ3n) is 3.21. The quantitative estimate of drug-likeness (QED) is 0.732. The van der Waals surface area contributed by atoms with Crippen molar-refractivity contribution in [1.29, 1.82) is 0 Å². The van der Waals surface area contributed by atoms with Gasteiger partial charge >= 0.3 is 0 Å². The van der Waals surface area contributed by atoms with Crippen LogP contribution in [0, 0.1) is 0 Å². The van der Waals surface area contributed by atoms with Gasteiger partial charge in [0.2, 0.25) is 0 Å². The third kappa shape index (κ3) is 3.42. The van der Waals surface area contributed by atoms with Crippen LogP contribution in [-0.2, 0) is 11.2 Å². The minimum atomic E-state index is 0.327. The van der Waals surface area contributed by atoms with E-state index in [4.69, 9.17) is 0 Å². The lowest BCUT2D eigenvalue weighted by molar-refractivity contribution is -0.118. The first-order chi connectivity index (χ1) is 7.97. The van der Waals surface area contributed by atoms with Gasteiger partial charge in [-0.2, -0.15) is 0 Å². The molecule has 0 fully saturated rings. The lowest BCUT2D eigenvalue weighted by Gasteiger charge is -2.20. The first kappa shape index (κ1) is 14.0. The Balaban J connectivity index is 3.20. The van der Waals surface area contributed by atoms with E-state index in [1.807, 2.05) is 6.92 Å². The molecule has 0 amide bonds. The number of ketones is 1. The molecule has 1 heteroatoms. The highest BCUT2D eigenvalue weighted by molar-refractivity contribution is 5.81. The number of carbonyl (C=O) groups is 1. The predicted molar refractivity (Wildman–Crippen MR) is 73.6 cm³/mol. The third-order valence-corrected chi connectivity index (χ3v) is 3.21. The Labute approximate surface area is 105 Å². The summed E-state index contributed by atoms with van der Waals surface area (Å²) in [6, 6.07) is 6.38. The molecule has 1 nitrogen and oxygen atoms in total. The summed E-state index contributed by atoms with van der Waals surface area (Å²) in [7, 11) is 0. The van der Waals surface area contributed by atoms with Crippen LogP contribution >= 0.6 is 0 Å². The SMILES string of the molecule is CCC(=O)Cc1cccc(C(C)C)c1C(C)C. The molecule has 1 rings (SSSR count). The van der Waals surface area contributed by atoms with Gasteiger partial charge in [-0.05, 0) is 28.5 Å². The largest absolute Gasteiger partial charge is 0.299 e. The van der Waals surface area contributed by atoms with E-state index >= 15 is 0 Å². The first-order valence-corrected chi connectivity index (χ1v) is 6.60. The van der Waals surface area contributed by atoms with Crippen LogP contribution in [0.15, 0.2) is 18.2 Å². The Morgan fingerprint density at radius 2 is 1.76 bits per heavy atom. The monoisotopic (exact) mass is 232 g/mol. The van der Waals surface area contributed by atoms with Crippen molar-refractivity contribution in [2.75, 3.05) is 0 Å². The van der Waals surface area contributed by atoms with E-state index < -0.39 is 0 Å². The van der Waals surface area contributed by atoms with E-state index in [1.54, 1.807) is 0 Å². The molecule has 0 radical (unpaired) electrons. The van der Waals surface area contributed by atoms with Crippen molar-refractivity contribution in [3.8, 4) is 0 Å². The summed E-state index contributed by atoms with van der Waals surface area (Å²) < 4.78 is 0. The molecule has 0 atom stereocenters. The molecule has 0 aliphatic rings. The molecule has 94 valence electrons. The van der Waals surface area contributed by atoms with Gasteiger partial charge in [-0.15, -0.1) is 0 Å². The van der Waals surface area contributed by atoms with Gasteiger partial charge < -0.3 is 0 Å². The number of Topliss-reactive ketones (excluding diaryl/α,β-unsaturated/α-hetero) is 1. The second-order valence-electron chi connectivity index (χ2n) is 5.30. The van der Waals surface area contributed by atoms with E-state index in [0.717, 1.165) is 0 Å². The van der Waals surface area contributed by atoms with Crippen LogP contribution in [0.25, 0.3) is 0 Å². The Hall–Kier alpha value is -1.11. The zero-order valence-corrected chi connectivity index (χ0v) is 11.7. The van der Waals surface area contributed by atoms with Crippen LogP contribution in [-0.4, -0.2) is 5.78 Å². The number of benzene rings is 1. The Morgan fingerprint density at radius 3 is 2.24 bits per heavy atom. The molecule has 0 heterocycles. The van der Waals surface area contributed by atoms with Crippen molar-refractivity contribution in [3.63, 3.8) is 0 Å². The van der Waals surface area contributed by atoms with Crippen molar-refractivity contribution >= 4 is 5.78 Å². The van der Waals surface area contributed by atoms with Crippen molar-refractivity contribution < 1.29 is 4.79 Å². The van der Waals surface area contributed by atoms with Crippen molar-refractivity contribution in [3.05, 3.63) is 34.9 Å². The van der Waals surface area contributed by atoms with Crippen molar-refractivity contribution in [1.82, 2.24) is 0 Å². The number of hydrogen-bond donors (Lipinski definition) is 0. The van der Waals surface area contributed by atoms with Crippen LogP contribution in [0.4, 0.5) is 0 Å². The van der Waals surface area contributed by atoms with Gasteiger partial charge in [0.15, 0.2) is 0 Å². The molecule has 1 aromatic carbocycles. The molecule has 0 saturated heterocycles. The van der Waals surface area contributed by atoms with Gasteiger partial charge in [0.25, 0.3) is 0 Å². The maximum absolute atomic E-state index is 11.6. The van der Waals surface area contributed by atoms with E-state index in [0.29, 0.717) is 30.5 Å². The number of carbonyl (C=O) groups excluding carboxylic acids is 1. The topological polar surface area (TPSA) is 17.1 Å². The highest BCUT2D eigenvalue weighted by Gasteiger charge is 2.15. The fourth-order valence-corrected chi connectivity index (χ4v) is 2.33. The van der Waals surface area contributed by atoms with E-state index in [-0.39, 0.29) is 0 Å². The zero-order valence-electron chi connectivity index (χ0n) is 11.7. The van der Waals surface area contributed by atoms with E-state index in [2.05, 4.69) is 45.9 Å². The second-order valence-corrected chi connectivity index (χ2v) is 5.30. The average molecular weight is 232 g/mol. The maximum atomic E-state index is 11.6. The minimum absolute atomic E-state index is 0.327. The Bertz CT molecular complexity index is 389. The Kier molecular flexibility index (Phi) is 4.92. The molecule has 0 aliphatic heterocycles. The highest BCUT2D eigenvalue weighted by Crippen LogP contribution is 2.29. The van der Waals surface area contributed by atoms with Gasteiger partial charge in [0.1, 0.15) is 5.78 Å². The normalized spacial score (nSPS) is 11.2. The minimum Gasteiger partial charge on any atom is -0.299 e. The fraction of sp³-hybridized carbons (Fsp3) is 0.562. The lowest BCUT2D eigenvalue weighted by Crippen LogP contribution is -2.08. The van der Waals surface area contributed by atoms with Crippen molar-refractivity contribution in [2.45, 2.75) is 59.3 Å². The molecule has 0 saturated carbocycles. The summed E-state index contributed by atoms with van der Waals surface area (Å²) in [5.74, 6) is 1.32. The number of hydrogen-bond acceptors (Lipinski definition) is 1. The lowest BCUT2D eigenvalue weighted by atomic mass is 9.85. The predicted octanol–water partition coefficient (Wildman–Crippen LogP) is 4.46. The van der Waals surface area contributed by atoms with Crippen molar-refractivity contribution in [2.24, 2.45) is 0 Å². The standard InChI is InChI=1S/C16H24O/c1-6-14(17)10-13-8-7-9-15(11(2)3)16(13)12(4)5/h7-9,11-12H,6,10H2,1-5H3. The molecule has 17 heavy (non-hydrogen) atoms. The zero-order chi connectivity index (χ0) is 13.0. The van der Waals surface area contributed by atoms with Crippen LogP contribution in [0.2, 0.25) is 0 Å². The first-order valence-electron chi connectivity index (χ1n) is 6.60. The van der Waals surface area contributed by atoms with Gasteiger partial charge in [0, 0.05) is 12.8 Å². The fourth-order valence-electron chi connectivity index (χ4n) is 2.33. The average Bonchev–Trinajstić information content (AvgIpc) is 2.28. The molecule has 0 bridgehead atoms. The van der Waals surface area contributed by atoms with Crippen LogP contribution in [0.5, 0.6) is 0 Å². The molecule has 0 unspecified atom stereocenters. The highest BCUT2D eigenvalue weighted by atomic mass is 16.1. The smallest absolute Gasteiger partial charge is 0.137 e. The Morgan fingerprint density at radius 1 is 1.12 bits per heavy atom. The molecular formula is C16H24O. The molecule has 0 spiro atoms. The summed E-state index contributed by atoms with van der Waals surface area (Å²) in [6.07, 6.45) is 1.22. The van der Waals surface area contributed by atoms with E-state index in [9.17, 15) is 4.79 Å². The molecule has 0 aliphatic carbocycles.